The molecule has 1 amide bonds. The Labute approximate surface area is 290 Å². The van der Waals surface area contributed by atoms with Crippen molar-refractivity contribution in [2.24, 2.45) is 0 Å². The number of benzene rings is 2. The third kappa shape index (κ3) is 6.46. The number of pyridine rings is 2. The Hall–Kier alpha value is -5.53. The largest absolute Gasteiger partial charge is 0.392 e. The minimum absolute atomic E-state index is 0.00454. The highest BCUT2D eigenvalue weighted by Crippen LogP contribution is 2.29. The van der Waals surface area contributed by atoms with Crippen LogP contribution in [0.1, 0.15) is 54.2 Å². The zero-order valence-corrected chi connectivity index (χ0v) is 27.6. The highest BCUT2D eigenvalue weighted by Gasteiger charge is 2.29. The average molecular weight is 692 g/mol. The second-order valence-corrected chi connectivity index (χ2v) is 13.5. The van der Waals surface area contributed by atoms with Crippen LogP contribution < -0.4 is 16.6 Å². The molecule has 11 nitrogen and oxygen atoms in total. The highest BCUT2D eigenvalue weighted by molar-refractivity contribution is 5.93. The first kappa shape index (κ1) is 32.7. The van der Waals surface area contributed by atoms with Crippen molar-refractivity contribution < 1.29 is 18.7 Å². The van der Waals surface area contributed by atoms with E-state index in [-0.39, 0.29) is 28.9 Å². The van der Waals surface area contributed by atoms with Crippen molar-refractivity contribution in [3.63, 3.8) is 0 Å². The van der Waals surface area contributed by atoms with Crippen LogP contribution in [-0.4, -0.2) is 64.7 Å². The molecule has 0 radical (unpaired) electrons. The summed E-state index contributed by atoms with van der Waals surface area (Å²) in [6, 6.07) is 18.7. The van der Waals surface area contributed by atoms with Gasteiger partial charge in [0, 0.05) is 44.1 Å². The molecule has 6 aromatic rings. The minimum atomic E-state index is -0.685. The van der Waals surface area contributed by atoms with Crippen LogP contribution in [0.4, 0.5) is 8.78 Å². The van der Waals surface area contributed by atoms with Gasteiger partial charge in [-0.1, -0.05) is 36.4 Å². The summed E-state index contributed by atoms with van der Waals surface area (Å²) in [5, 5.41) is 12.8. The summed E-state index contributed by atoms with van der Waals surface area (Å²) in [6.07, 6.45) is 6.05. The Bertz CT molecular complexity index is 2400. The van der Waals surface area contributed by atoms with Gasteiger partial charge in [-0.3, -0.25) is 19.1 Å². The van der Waals surface area contributed by atoms with E-state index in [1.54, 1.807) is 6.07 Å². The smallest absolute Gasteiger partial charge is 0.337 e. The number of carbonyl (C=O) groups excluding carboxylic acids is 1. The number of aromatic nitrogens is 5. The van der Waals surface area contributed by atoms with E-state index >= 15 is 0 Å². The lowest BCUT2D eigenvalue weighted by molar-refractivity contribution is 0.0917. The average Bonchev–Trinajstić information content (AvgIpc) is 3.75. The van der Waals surface area contributed by atoms with Crippen molar-refractivity contribution in [3.8, 4) is 16.8 Å². The number of aliphatic hydroxyl groups excluding tert-OH is 1. The first-order valence-electron chi connectivity index (χ1n) is 17.1. The Morgan fingerprint density at radius 1 is 0.902 bits per heavy atom. The van der Waals surface area contributed by atoms with E-state index in [1.165, 1.54) is 38.1 Å². The van der Waals surface area contributed by atoms with E-state index in [0.29, 0.717) is 43.6 Å². The first-order chi connectivity index (χ1) is 24.7. The van der Waals surface area contributed by atoms with Gasteiger partial charge in [0.1, 0.15) is 23.0 Å². The molecular weight excluding hydrogens is 656 g/mol. The maximum Gasteiger partial charge on any atom is 0.337 e. The van der Waals surface area contributed by atoms with Crippen LogP contribution in [0.3, 0.4) is 0 Å². The molecule has 0 unspecified atom stereocenters. The lowest BCUT2D eigenvalue weighted by atomic mass is 9.90. The minimum Gasteiger partial charge on any atom is -0.392 e. The van der Waals surface area contributed by atoms with Gasteiger partial charge in [-0.05, 0) is 79.1 Å². The summed E-state index contributed by atoms with van der Waals surface area (Å²) < 4.78 is 32.1. The van der Waals surface area contributed by atoms with E-state index < -0.39 is 34.8 Å². The molecule has 4 aromatic heterocycles. The number of fused-ring (bicyclic) bond motifs is 2. The van der Waals surface area contributed by atoms with Crippen molar-refractivity contribution >= 4 is 22.6 Å². The number of β-amino-alcohol motifs (C(OH)–C–C–N with tert-alkyl or cyclic N) is 1. The van der Waals surface area contributed by atoms with Crippen molar-refractivity contribution in [2.45, 2.75) is 56.8 Å². The van der Waals surface area contributed by atoms with E-state index in [9.17, 15) is 28.3 Å². The van der Waals surface area contributed by atoms with Gasteiger partial charge in [-0.25, -0.2) is 28.1 Å². The summed E-state index contributed by atoms with van der Waals surface area (Å²) in [7, 11) is 0. The Kier molecular flexibility index (Phi) is 8.52. The van der Waals surface area contributed by atoms with Crippen LogP contribution in [0.25, 0.3) is 33.5 Å². The summed E-state index contributed by atoms with van der Waals surface area (Å²) in [4.78, 5) is 51.8. The SMILES string of the molecule is O=C(N[C@H]1CC[C@@H](n2c(=O)c3cc(F)cnc3n(-c3cccc(-c4ccc(CN5CC[C@@H](O)C5)cc4)c3)c2=O)CC1)c1cn2cc(F)ccc2n1. The first-order valence-corrected chi connectivity index (χ1v) is 17.1. The maximum atomic E-state index is 14.5. The van der Waals surface area contributed by atoms with Crippen LogP contribution in [0.5, 0.6) is 0 Å². The fraction of sp³-hybridized carbons (Fsp3) is 0.289. The predicted octanol–water partition coefficient (Wildman–Crippen LogP) is 4.62. The molecule has 5 heterocycles. The molecule has 2 N–H and O–H groups in total. The summed E-state index contributed by atoms with van der Waals surface area (Å²) >= 11 is 0. The Morgan fingerprint density at radius 2 is 1.71 bits per heavy atom. The molecular formula is C38H35F2N7O4. The fourth-order valence-electron chi connectivity index (χ4n) is 7.39. The number of carbonyl (C=O) groups is 1. The molecule has 1 atom stereocenters. The number of hydrogen-bond acceptors (Lipinski definition) is 7. The second-order valence-electron chi connectivity index (χ2n) is 13.5. The van der Waals surface area contributed by atoms with Crippen LogP contribution in [0.15, 0.2) is 94.9 Å². The topological polar surface area (TPSA) is 127 Å². The van der Waals surface area contributed by atoms with Crippen LogP contribution >= 0.6 is 0 Å². The van der Waals surface area contributed by atoms with E-state index in [1.807, 2.05) is 30.3 Å². The van der Waals surface area contributed by atoms with Crippen LogP contribution in [-0.2, 0) is 6.54 Å². The molecule has 1 saturated carbocycles. The predicted molar refractivity (Wildman–Crippen MR) is 187 cm³/mol. The fourth-order valence-corrected chi connectivity index (χ4v) is 7.39. The zero-order chi connectivity index (χ0) is 35.2. The van der Waals surface area contributed by atoms with Gasteiger partial charge >= 0.3 is 5.69 Å². The number of nitrogens with one attached hydrogen (secondary N) is 1. The molecule has 2 aliphatic rings. The molecule has 2 fully saturated rings. The van der Waals surface area contributed by atoms with Crippen molar-refractivity contribution in [2.75, 3.05) is 13.1 Å². The molecule has 2 aromatic carbocycles. The van der Waals surface area contributed by atoms with Gasteiger partial charge in [-0.2, -0.15) is 0 Å². The van der Waals surface area contributed by atoms with Crippen LogP contribution in [0, 0.1) is 11.6 Å². The number of rotatable bonds is 7. The van der Waals surface area contributed by atoms with Gasteiger partial charge in [-0.15, -0.1) is 0 Å². The van der Waals surface area contributed by atoms with Crippen molar-refractivity contribution in [1.29, 1.82) is 0 Å². The standard InChI is InChI=1S/C38H35F2N7O4/c39-26-8-13-34-43-33(22-45(34)20-26)36(49)42-28-9-11-29(12-10-28)47-37(50)32-17-27(40)18-41-35(32)46(38(47)51)30-3-1-2-25(16-30)24-6-4-23(5-7-24)19-44-15-14-31(48)21-44/h1-8,13,16-18,20,22,28-29,31,48H,9-12,14-15,19,21H2,(H,42,49)/t28-,29+,31-/m1/s1. The third-order valence-electron chi connectivity index (χ3n) is 9.98. The lowest BCUT2D eigenvalue weighted by Crippen LogP contribution is -2.45. The molecule has 1 saturated heterocycles. The molecule has 51 heavy (non-hydrogen) atoms. The Balaban J connectivity index is 1.05. The zero-order valence-electron chi connectivity index (χ0n) is 27.6. The molecule has 260 valence electrons. The lowest BCUT2D eigenvalue weighted by Gasteiger charge is -2.30. The maximum absolute atomic E-state index is 14.5. The molecule has 8 rings (SSSR count). The van der Waals surface area contributed by atoms with E-state index in [4.69, 9.17) is 0 Å². The number of hydrogen-bond donors (Lipinski definition) is 2. The number of nitrogens with zero attached hydrogens (tertiary/aromatic N) is 6. The number of likely N-dealkylation sites (tertiary alicyclic amines) is 1. The van der Waals surface area contributed by atoms with Gasteiger partial charge in [0.25, 0.3) is 11.5 Å². The molecule has 1 aliphatic carbocycles. The molecule has 13 heteroatoms. The number of amides is 1. The number of imidazole rings is 1. The summed E-state index contributed by atoms with van der Waals surface area (Å²) in [5.74, 6) is -1.52. The molecule has 1 aliphatic heterocycles. The van der Waals surface area contributed by atoms with Gasteiger partial charge < -0.3 is 14.8 Å². The molecule has 0 bridgehead atoms. The normalized spacial score (nSPS) is 19.5. The van der Waals surface area contributed by atoms with Crippen molar-refractivity contribution in [1.82, 2.24) is 33.7 Å². The van der Waals surface area contributed by atoms with Gasteiger partial charge in [0.15, 0.2) is 5.65 Å². The quantitative estimate of drug-likeness (QED) is 0.250. The van der Waals surface area contributed by atoms with Crippen LogP contribution in [0.2, 0.25) is 0 Å². The van der Waals surface area contributed by atoms with E-state index in [0.717, 1.165) is 48.5 Å². The highest BCUT2D eigenvalue weighted by atomic mass is 19.1. The Morgan fingerprint density at radius 3 is 2.47 bits per heavy atom. The number of halogens is 2. The van der Waals surface area contributed by atoms with Crippen molar-refractivity contribution in [3.05, 3.63) is 129 Å². The monoisotopic (exact) mass is 691 g/mol. The second kappa shape index (κ2) is 13.3. The van der Waals surface area contributed by atoms with Gasteiger partial charge in [0.05, 0.1) is 23.4 Å². The van der Waals surface area contributed by atoms with Gasteiger partial charge in [0.2, 0.25) is 0 Å². The molecule has 0 spiro atoms. The third-order valence-corrected chi connectivity index (χ3v) is 9.98. The number of aliphatic hydroxyl groups is 1. The summed E-state index contributed by atoms with van der Waals surface area (Å²) in [5.41, 5.74) is 2.89. The van der Waals surface area contributed by atoms with E-state index in [2.05, 4.69) is 32.3 Å². The summed E-state index contributed by atoms with van der Waals surface area (Å²) in [6.45, 7) is 2.28.